The quantitative estimate of drug-likeness (QED) is 0.694. The van der Waals surface area contributed by atoms with Crippen molar-refractivity contribution >= 4 is 11.8 Å². The van der Waals surface area contributed by atoms with Crippen molar-refractivity contribution < 1.29 is 5.11 Å². The molecular formula is C9H18OS. The molecule has 0 atom stereocenters. The van der Waals surface area contributed by atoms with Crippen molar-refractivity contribution in [3.8, 4) is 0 Å². The molecule has 11 heavy (non-hydrogen) atoms. The Morgan fingerprint density at radius 1 is 1.18 bits per heavy atom. The van der Waals surface area contributed by atoms with E-state index in [1.807, 2.05) is 0 Å². The number of thioether (sulfide) groups is 1. The molecule has 0 aromatic heterocycles. The molecule has 1 rings (SSSR count). The second-order valence-electron chi connectivity index (χ2n) is 3.62. The van der Waals surface area contributed by atoms with Crippen LogP contribution in [-0.4, -0.2) is 21.7 Å². The molecule has 1 fully saturated rings. The summed E-state index contributed by atoms with van der Waals surface area (Å²) in [6, 6.07) is 0. The average molecular weight is 174 g/mol. The third-order valence-corrected chi connectivity index (χ3v) is 3.51. The number of hydrogen-bond acceptors (Lipinski definition) is 2. The van der Waals surface area contributed by atoms with Crippen molar-refractivity contribution in [2.45, 2.75) is 56.1 Å². The van der Waals surface area contributed by atoms with Crippen LogP contribution < -0.4 is 0 Å². The van der Waals surface area contributed by atoms with Gasteiger partial charge in [-0.05, 0) is 30.9 Å². The molecule has 0 radical (unpaired) electrons. The SMILES string of the molecule is CC(C)S[C@H]1CC[C@@H](O)CC1. The van der Waals surface area contributed by atoms with E-state index in [-0.39, 0.29) is 6.10 Å². The highest BCUT2D eigenvalue weighted by Crippen LogP contribution is 2.30. The first-order chi connectivity index (χ1) is 5.18. The van der Waals surface area contributed by atoms with Crippen LogP contribution in [0, 0.1) is 0 Å². The first kappa shape index (κ1) is 9.40. The largest absolute Gasteiger partial charge is 0.393 e. The molecule has 0 aromatic rings. The summed E-state index contributed by atoms with van der Waals surface area (Å²) >= 11 is 2.07. The molecule has 1 saturated carbocycles. The summed E-state index contributed by atoms with van der Waals surface area (Å²) in [5.41, 5.74) is 0. The summed E-state index contributed by atoms with van der Waals surface area (Å²) in [6.45, 7) is 4.49. The molecule has 1 aliphatic carbocycles. The summed E-state index contributed by atoms with van der Waals surface area (Å²) in [6.07, 6.45) is 4.46. The Labute approximate surface area is 73.6 Å². The fourth-order valence-corrected chi connectivity index (χ4v) is 2.88. The van der Waals surface area contributed by atoms with E-state index in [1.54, 1.807) is 0 Å². The van der Waals surface area contributed by atoms with Crippen LogP contribution >= 0.6 is 11.8 Å². The van der Waals surface area contributed by atoms with Gasteiger partial charge in [-0.1, -0.05) is 13.8 Å². The van der Waals surface area contributed by atoms with Crippen LogP contribution in [0.15, 0.2) is 0 Å². The first-order valence-electron chi connectivity index (χ1n) is 4.52. The lowest BCUT2D eigenvalue weighted by molar-refractivity contribution is 0.132. The van der Waals surface area contributed by atoms with Crippen LogP contribution in [0.2, 0.25) is 0 Å². The fraction of sp³-hybridized carbons (Fsp3) is 1.00. The first-order valence-corrected chi connectivity index (χ1v) is 5.46. The molecule has 66 valence electrons. The predicted molar refractivity (Wildman–Crippen MR) is 51.0 cm³/mol. The van der Waals surface area contributed by atoms with Gasteiger partial charge in [0.15, 0.2) is 0 Å². The summed E-state index contributed by atoms with van der Waals surface area (Å²) in [7, 11) is 0. The Hall–Kier alpha value is 0.310. The van der Waals surface area contributed by atoms with Gasteiger partial charge in [0.25, 0.3) is 0 Å². The fourth-order valence-electron chi connectivity index (χ4n) is 1.57. The minimum atomic E-state index is -0.000915. The second kappa shape index (κ2) is 4.36. The van der Waals surface area contributed by atoms with Gasteiger partial charge in [-0.25, -0.2) is 0 Å². The molecule has 0 aliphatic heterocycles. The van der Waals surface area contributed by atoms with Crippen LogP contribution in [0.25, 0.3) is 0 Å². The average Bonchev–Trinajstić information content (AvgIpc) is 1.93. The van der Waals surface area contributed by atoms with Gasteiger partial charge in [0.05, 0.1) is 6.10 Å². The van der Waals surface area contributed by atoms with Crippen LogP contribution in [0.1, 0.15) is 39.5 Å². The van der Waals surface area contributed by atoms with Crippen molar-refractivity contribution in [2.75, 3.05) is 0 Å². The highest BCUT2D eigenvalue weighted by atomic mass is 32.2. The van der Waals surface area contributed by atoms with Crippen LogP contribution in [0.5, 0.6) is 0 Å². The maximum Gasteiger partial charge on any atom is 0.0541 e. The van der Waals surface area contributed by atoms with Gasteiger partial charge < -0.3 is 5.11 Å². The zero-order valence-corrected chi connectivity index (χ0v) is 8.23. The van der Waals surface area contributed by atoms with E-state index in [0.717, 1.165) is 23.3 Å². The van der Waals surface area contributed by atoms with E-state index in [9.17, 15) is 5.11 Å². The van der Waals surface area contributed by atoms with Crippen LogP contribution in [-0.2, 0) is 0 Å². The number of aliphatic hydroxyl groups excluding tert-OH is 1. The van der Waals surface area contributed by atoms with E-state index >= 15 is 0 Å². The zero-order chi connectivity index (χ0) is 8.27. The molecule has 0 spiro atoms. The lowest BCUT2D eigenvalue weighted by Gasteiger charge is -2.26. The van der Waals surface area contributed by atoms with E-state index in [1.165, 1.54) is 12.8 Å². The highest BCUT2D eigenvalue weighted by Gasteiger charge is 2.19. The molecule has 2 heteroatoms. The van der Waals surface area contributed by atoms with E-state index in [4.69, 9.17) is 0 Å². The lowest BCUT2D eigenvalue weighted by atomic mass is 9.97. The number of hydrogen-bond donors (Lipinski definition) is 1. The minimum absolute atomic E-state index is 0.000915. The van der Waals surface area contributed by atoms with Gasteiger partial charge in [-0.3, -0.25) is 0 Å². The van der Waals surface area contributed by atoms with Crippen molar-refractivity contribution in [2.24, 2.45) is 0 Å². The molecule has 0 unspecified atom stereocenters. The zero-order valence-electron chi connectivity index (χ0n) is 7.42. The maximum absolute atomic E-state index is 9.25. The van der Waals surface area contributed by atoms with Crippen molar-refractivity contribution in [3.63, 3.8) is 0 Å². The summed E-state index contributed by atoms with van der Waals surface area (Å²) < 4.78 is 0. The van der Waals surface area contributed by atoms with Gasteiger partial charge in [0, 0.05) is 5.25 Å². The molecule has 0 bridgehead atoms. The molecular weight excluding hydrogens is 156 g/mol. The molecule has 0 aromatic carbocycles. The normalized spacial score (nSPS) is 32.7. The molecule has 0 saturated heterocycles. The van der Waals surface area contributed by atoms with Gasteiger partial charge in [0.2, 0.25) is 0 Å². The molecule has 1 N–H and O–H groups in total. The molecule has 1 aliphatic rings. The van der Waals surface area contributed by atoms with Crippen molar-refractivity contribution in [3.05, 3.63) is 0 Å². The Kier molecular flexibility index (Phi) is 3.73. The number of aliphatic hydroxyl groups is 1. The Bertz CT molecular complexity index is 106. The van der Waals surface area contributed by atoms with E-state index in [0.29, 0.717) is 0 Å². The van der Waals surface area contributed by atoms with E-state index < -0.39 is 0 Å². The summed E-state index contributed by atoms with van der Waals surface area (Å²) in [5.74, 6) is 0. The van der Waals surface area contributed by atoms with Gasteiger partial charge in [0.1, 0.15) is 0 Å². The number of rotatable bonds is 2. The second-order valence-corrected chi connectivity index (χ2v) is 5.50. The Morgan fingerprint density at radius 2 is 1.73 bits per heavy atom. The van der Waals surface area contributed by atoms with Gasteiger partial charge in [-0.15, -0.1) is 0 Å². The molecule has 0 heterocycles. The highest BCUT2D eigenvalue weighted by molar-refractivity contribution is 8.00. The van der Waals surface area contributed by atoms with Gasteiger partial charge >= 0.3 is 0 Å². The van der Waals surface area contributed by atoms with Crippen LogP contribution in [0.3, 0.4) is 0 Å². The Morgan fingerprint density at radius 3 is 2.18 bits per heavy atom. The van der Waals surface area contributed by atoms with Gasteiger partial charge in [-0.2, -0.15) is 11.8 Å². The lowest BCUT2D eigenvalue weighted by Crippen LogP contribution is -2.20. The summed E-state index contributed by atoms with van der Waals surface area (Å²) in [5, 5.41) is 10.8. The Balaban J connectivity index is 2.17. The van der Waals surface area contributed by atoms with Crippen molar-refractivity contribution in [1.82, 2.24) is 0 Å². The molecule has 1 nitrogen and oxygen atoms in total. The summed E-state index contributed by atoms with van der Waals surface area (Å²) in [4.78, 5) is 0. The maximum atomic E-state index is 9.25. The molecule has 0 amide bonds. The predicted octanol–water partition coefficient (Wildman–Crippen LogP) is 2.43. The third-order valence-electron chi connectivity index (χ3n) is 2.11. The standard InChI is InChI=1S/C9H18OS/c1-7(2)11-9-5-3-8(10)4-6-9/h7-10H,3-6H2,1-2H3/t8-,9+. The monoisotopic (exact) mass is 174 g/mol. The van der Waals surface area contributed by atoms with Crippen molar-refractivity contribution in [1.29, 1.82) is 0 Å². The van der Waals surface area contributed by atoms with E-state index in [2.05, 4.69) is 25.6 Å². The minimum Gasteiger partial charge on any atom is -0.393 e. The third kappa shape index (κ3) is 3.48. The van der Waals surface area contributed by atoms with Crippen LogP contribution in [0.4, 0.5) is 0 Å². The topological polar surface area (TPSA) is 20.2 Å². The smallest absolute Gasteiger partial charge is 0.0541 e.